The highest BCUT2D eigenvalue weighted by Crippen LogP contribution is 2.18. The summed E-state index contributed by atoms with van der Waals surface area (Å²) in [6, 6.07) is 3.70. The highest BCUT2D eigenvalue weighted by atomic mass is 35.5. The molecule has 0 aliphatic carbocycles. The van der Waals surface area contributed by atoms with Crippen molar-refractivity contribution >= 4 is 28.4 Å². The summed E-state index contributed by atoms with van der Waals surface area (Å²) >= 11 is 5.69. The molecule has 0 heterocycles. The van der Waals surface area contributed by atoms with Crippen molar-refractivity contribution in [1.29, 1.82) is 0 Å². The zero-order chi connectivity index (χ0) is 11.4. The van der Waals surface area contributed by atoms with E-state index in [0.717, 1.165) is 6.07 Å². The number of hydrogen-bond donors (Lipinski definition) is 1. The van der Waals surface area contributed by atoms with Crippen LogP contribution in [-0.2, 0) is 21.3 Å². The Morgan fingerprint density at radius 3 is 2.73 bits per heavy atom. The molecule has 1 aromatic carbocycles. The summed E-state index contributed by atoms with van der Waals surface area (Å²) in [5.41, 5.74) is 0.484. The molecule has 0 amide bonds. The molecule has 6 heteroatoms. The fraction of sp³-hybridized carbons (Fsp3) is 0.222. The smallest absolute Gasteiger partial charge is 0.316 e. The highest BCUT2D eigenvalue weighted by Gasteiger charge is 2.09. The van der Waals surface area contributed by atoms with Gasteiger partial charge in [0.25, 0.3) is 0 Å². The topological polar surface area (TPSA) is 54.4 Å². The molecule has 3 nitrogen and oxygen atoms in total. The Hall–Kier alpha value is -0.940. The van der Waals surface area contributed by atoms with Gasteiger partial charge in [0, 0.05) is 15.8 Å². The quantitative estimate of drug-likeness (QED) is 0.887. The SMILES string of the molecule is O=C(O)CS(=O)Cc1ccc(F)cc1Cl. The monoisotopic (exact) mass is 250 g/mol. The maximum atomic E-state index is 12.6. The van der Waals surface area contributed by atoms with Crippen LogP contribution in [0, 0.1) is 5.82 Å². The molecule has 1 unspecified atom stereocenters. The van der Waals surface area contributed by atoms with E-state index < -0.39 is 28.3 Å². The summed E-state index contributed by atoms with van der Waals surface area (Å²) < 4.78 is 23.9. The van der Waals surface area contributed by atoms with Crippen molar-refractivity contribution < 1.29 is 18.5 Å². The largest absolute Gasteiger partial charge is 0.481 e. The van der Waals surface area contributed by atoms with Gasteiger partial charge in [0.2, 0.25) is 0 Å². The molecule has 15 heavy (non-hydrogen) atoms. The molecule has 0 saturated carbocycles. The average Bonchev–Trinajstić information content (AvgIpc) is 2.08. The molecule has 0 spiro atoms. The van der Waals surface area contributed by atoms with E-state index in [1.807, 2.05) is 0 Å². The Morgan fingerprint density at radius 2 is 2.20 bits per heavy atom. The van der Waals surface area contributed by atoms with Crippen molar-refractivity contribution in [3.05, 3.63) is 34.6 Å². The van der Waals surface area contributed by atoms with Crippen LogP contribution in [0.2, 0.25) is 5.02 Å². The lowest BCUT2D eigenvalue weighted by Crippen LogP contribution is -2.10. The molecule has 0 fully saturated rings. The van der Waals surface area contributed by atoms with E-state index >= 15 is 0 Å². The third kappa shape index (κ3) is 3.97. The third-order valence-electron chi connectivity index (χ3n) is 1.62. The Bertz CT molecular complexity index is 408. The van der Waals surface area contributed by atoms with E-state index in [-0.39, 0.29) is 10.8 Å². The predicted molar refractivity (Wildman–Crippen MR) is 55.8 cm³/mol. The van der Waals surface area contributed by atoms with Crippen molar-refractivity contribution in [2.45, 2.75) is 5.75 Å². The second-order valence-corrected chi connectivity index (χ2v) is 4.72. The molecule has 82 valence electrons. The van der Waals surface area contributed by atoms with E-state index in [4.69, 9.17) is 16.7 Å². The van der Waals surface area contributed by atoms with E-state index in [2.05, 4.69) is 0 Å². The molecule has 0 saturated heterocycles. The van der Waals surface area contributed by atoms with Crippen molar-refractivity contribution in [2.24, 2.45) is 0 Å². The van der Waals surface area contributed by atoms with Crippen LogP contribution in [0.1, 0.15) is 5.56 Å². The summed E-state index contributed by atoms with van der Waals surface area (Å²) in [5, 5.41) is 8.55. The number of hydrogen-bond acceptors (Lipinski definition) is 2. The third-order valence-corrected chi connectivity index (χ3v) is 3.17. The van der Waals surface area contributed by atoms with Crippen LogP contribution in [0.15, 0.2) is 18.2 Å². The molecule has 0 aromatic heterocycles. The first kappa shape index (κ1) is 12.1. The average molecular weight is 251 g/mol. The number of rotatable bonds is 4. The van der Waals surface area contributed by atoms with Crippen LogP contribution in [0.4, 0.5) is 4.39 Å². The first-order valence-corrected chi connectivity index (χ1v) is 5.86. The van der Waals surface area contributed by atoms with Gasteiger partial charge in [0.05, 0.1) is 5.75 Å². The minimum absolute atomic E-state index is 0.0193. The minimum Gasteiger partial charge on any atom is -0.481 e. The van der Waals surface area contributed by atoms with Gasteiger partial charge in [-0.05, 0) is 17.7 Å². The van der Waals surface area contributed by atoms with Crippen molar-refractivity contribution in [2.75, 3.05) is 5.75 Å². The maximum Gasteiger partial charge on any atom is 0.316 e. The van der Waals surface area contributed by atoms with Crippen LogP contribution < -0.4 is 0 Å². The fourth-order valence-electron chi connectivity index (χ4n) is 1.00. The van der Waals surface area contributed by atoms with Gasteiger partial charge in [-0.2, -0.15) is 0 Å². The standard InChI is InChI=1S/C9H8ClFO3S/c10-8-3-7(11)2-1-6(8)4-15(14)5-9(12)13/h1-3H,4-5H2,(H,12,13). The maximum absolute atomic E-state index is 12.6. The minimum atomic E-state index is -1.52. The van der Waals surface area contributed by atoms with Crippen LogP contribution in [0.5, 0.6) is 0 Å². The van der Waals surface area contributed by atoms with Gasteiger partial charge in [-0.3, -0.25) is 9.00 Å². The molecule has 1 atom stereocenters. The van der Waals surface area contributed by atoms with E-state index in [9.17, 15) is 13.4 Å². The lowest BCUT2D eigenvalue weighted by atomic mass is 10.2. The molecular weight excluding hydrogens is 243 g/mol. The highest BCUT2D eigenvalue weighted by molar-refractivity contribution is 7.84. The molecule has 1 N–H and O–H groups in total. The number of halogens is 2. The van der Waals surface area contributed by atoms with Gasteiger partial charge < -0.3 is 5.11 Å². The molecular formula is C9H8ClFO3S. The van der Waals surface area contributed by atoms with Crippen LogP contribution >= 0.6 is 11.6 Å². The Balaban J connectivity index is 2.72. The zero-order valence-electron chi connectivity index (χ0n) is 7.57. The van der Waals surface area contributed by atoms with Gasteiger partial charge in [0.1, 0.15) is 11.6 Å². The molecule has 0 bridgehead atoms. The number of carboxylic acid groups (broad SMARTS) is 1. The van der Waals surface area contributed by atoms with E-state index in [1.54, 1.807) is 0 Å². The fourth-order valence-corrected chi connectivity index (χ4v) is 2.29. The van der Waals surface area contributed by atoms with Gasteiger partial charge in [-0.25, -0.2) is 4.39 Å². The molecule has 0 aliphatic heterocycles. The predicted octanol–water partition coefficient (Wildman–Crippen LogP) is 1.81. The summed E-state index contributed by atoms with van der Waals surface area (Å²) in [5.74, 6) is -2.03. The number of carbonyl (C=O) groups is 1. The second kappa shape index (κ2) is 5.23. The van der Waals surface area contributed by atoms with Gasteiger partial charge in [-0.15, -0.1) is 0 Å². The molecule has 0 radical (unpaired) electrons. The Labute approximate surface area is 93.3 Å². The van der Waals surface area contributed by atoms with Gasteiger partial charge in [0.15, 0.2) is 0 Å². The number of benzene rings is 1. The Kier molecular flexibility index (Phi) is 4.23. The second-order valence-electron chi connectivity index (χ2n) is 2.86. The van der Waals surface area contributed by atoms with E-state index in [1.165, 1.54) is 12.1 Å². The summed E-state index contributed by atoms with van der Waals surface area (Å²) in [7, 11) is -1.52. The van der Waals surface area contributed by atoms with Crippen LogP contribution in [0.25, 0.3) is 0 Å². The van der Waals surface area contributed by atoms with Crippen LogP contribution in [-0.4, -0.2) is 21.0 Å². The van der Waals surface area contributed by atoms with Crippen molar-refractivity contribution in [3.8, 4) is 0 Å². The number of aliphatic carboxylic acids is 1. The van der Waals surface area contributed by atoms with Crippen molar-refractivity contribution in [3.63, 3.8) is 0 Å². The summed E-state index contributed by atoms with van der Waals surface area (Å²) in [6.07, 6.45) is 0. The lowest BCUT2D eigenvalue weighted by Gasteiger charge is -2.02. The molecule has 1 aromatic rings. The summed E-state index contributed by atoms with van der Waals surface area (Å²) in [6.45, 7) is 0. The summed E-state index contributed by atoms with van der Waals surface area (Å²) in [4.78, 5) is 10.3. The number of carboxylic acids is 1. The molecule has 1 rings (SSSR count). The Morgan fingerprint density at radius 1 is 1.53 bits per heavy atom. The lowest BCUT2D eigenvalue weighted by molar-refractivity contribution is -0.133. The van der Waals surface area contributed by atoms with Gasteiger partial charge in [-0.1, -0.05) is 17.7 Å². The van der Waals surface area contributed by atoms with Crippen molar-refractivity contribution in [1.82, 2.24) is 0 Å². The van der Waals surface area contributed by atoms with E-state index in [0.29, 0.717) is 5.56 Å². The first-order valence-electron chi connectivity index (χ1n) is 3.99. The van der Waals surface area contributed by atoms with Crippen LogP contribution in [0.3, 0.4) is 0 Å². The zero-order valence-corrected chi connectivity index (χ0v) is 9.15. The molecule has 0 aliphatic rings. The van der Waals surface area contributed by atoms with Gasteiger partial charge >= 0.3 is 5.97 Å². The first-order chi connectivity index (χ1) is 6.99. The normalized spacial score (nSPS) is 12.4.